The van der Waals surface area contributed by atoms with Crippen LogP contribution in [0.15, 0.2) is 0 Å². The van der Waals surface area contributed by atoms with E-state index in [0.29, 0.717) is 6.54 Å². The maximum atomic E-state index is 11.8. The Morgan fingerprint density at radius 1 is 1.33 bits per heavy atom. The highest BCUT2D eigenvalue weighted by molar-refractivity contribution is 5.86. The number of carbonyl (C=O) groups excluding carboxylic acids is 1. The molecule has 2 rings (SSSR count). The molecule has 0 radical (unpaired) electrons. The third kappa shape index (κ3) is 4.75. The van der Waals surface area contributed by atoms with Gasteiger partial charge in [0.15, 0.2) is 0 Å². The zero-order chi connectivity index (χ0) is 12.1. The molecule has 3 N–H and O–H groups in total. The Balaban J connectivity index is 0.00000162. The average Bonchev–Trinajstić information content (AvgIpc) is 3.04. The van der Waals surface area contributed by atoms with Gasteiger partial charge in [-0.15, -0.1) is 12.4 Å². The van der Waals surface area contributed by atoms with Gasteiger partial charge in [-0.1, -0.05) is 12.8 Å². The van der Waals surface area contributed by atoms with Crippen LogP contribution in [-0.2, 0) is 9.53 Å². The SMILES string of the molecule is Cl.NC1(C(=O)NCCCOCC2CC2)CCCC1. The summed E-state index contributed by atoms with van der Waals surface area (Å²) < 4.78 is 5.51. The topological polar surface area (TPSA) is 64.4 Å². The molecule has 0 saturated heterocycles. The largest absolute Gasteiger partial charge is 0.381 e. The molecule has 0 heterocycles. The van der Waals surface area contributed by atoms with Crippen molar-refractivity contribution in [2.75, 3.05) is 19.8 Å². The van der Waals surface area contributed by atoms with Crippen LogP contribution in [-0.4, -0.2) is 31.2 Å². The molecule has 18 heavy (non-hydrogen) atoms. The molecule has 1 amide bonds. The Morgan fingerprint density at radius 3 is 2.61 bits per heavy atom. The number of hydrogen-bond acceptors (Lipinski definition) is 3. The second-order valence-electron chi connectivity index (χ2n) is 5.49. The Bertz CT molecular complexity index is 264. The van der Waals surface area contributed by atoms with Gasteiger partial charge in [0.25, 0.3) is 0 Å². The first-order chi connectivity index (χ1) is 8.21. The van der Waals surface area contributed by atoms with E-state index in [2.05, 4.69) is 5.32 Å². The van der Waals surface area contributed by atoms with E-state index in [0.717, 1.165) is 51.2 Å². The second kappa shape index (κ2) is 7.31. The first-order valence-corrected chi connectivity index (χ1v) is 6.86. The number of amides is 1. The Hall–Kier alpha value is -0.320. The summed E-state index contributed by atoms with van der Waals surface area (Å²) >= 11 is 0. The van der Waals surface area contributed by atoms with Crippen molar-refractivity contribution in [3.05, 3.63) is 0 Å². The number of nitrogens with one attached hydrogen (secondary N) is 1. The average molecular weight is 277 g/mol. The molecule has 106 valence electrons. The number of carbonyl (C=O) groups is 1. The Morgan fingerprint density at radius 2 is 2.00 bits per heavy atom. The van der Waals surface area contributed by atoms with Crippen LogP contribution < -0.4 is 11.1 Å². The molecule has 0 spiro atoms. The highest BCUT2D eigenvalue weighted by atomic mass is 35.5. The van der Waals surface area contributed by atoms with Crippen LogP contribution in [0.25, 0.3) is 0 Å². The smallest absolute Gasteiger partial charge is 0.240 e. The molecule has 0 aromatic rings. The van der Waals surface area contributed by atoms with E-state index in [1.54, 1.807) is 0 Å². The normalized spacial score (nSPS) is 21.4. The van der Waals surface area contributed by atoms with E-state index in [4.69, 9.17) is 10.5 Å². The van der Waals surface area contributed by atoms with Gasteiger partial charge >= 0.3 is 0 Å². The van der Waals surface area contributed by atoms with Gasteiger partial charge in [0.2, 0.25) is 5.91 Å². The van der Waals surface area contributed by atoms with Gasteiger partial charge in [-0.25, -0.2) is 0 Å². The van der Waals surface area contributed by atoms with Crippen molar-refractivity contribution in [3.63, 3.8) is 0 Å². The predicted octanol–water partition coefficient (Wildman–Crippen LogP) is 1.61. The van der Waals surface area contributed by atoms with Crippen molar-refractivity contribution in [2.45, 2.75) is 50.5 Å². The lowest BCUT2D eigenvalue weighted by atomic mass is 9.98. The lowest BCUT2D eigenvalue weighted by Crippen LogP contribution is -2.52. The molecule has 2 aliphatic rings. The first-order valence-electron chi connectivity index (χ1n) is 6.86. The molecule has 0 bridgehead atoms. The van der Waals surface area contributed by atoms with Crippen LogP contribution in [0.3, 0.4) is 0 Å². The molecule has 2 aliphatic carbocycles. The molecule has 2 fully saturated rings. The van der Waals surface area contributed by atoms with Gasteiger partial charge in [-0.2, -0.15) is 0 Å². The molecule has 2 saturated carbocycles. The minimum atomic E-state index is -0.588. The molecule has 4 nitrogen and oxygen atoms in total. The van der Waals surface area contributed by atoms with E-state index >= 15 is 0 Å². The summed E-state index contributed by atoms with van der Waals surface area (Å²) in [7, 11) is 0. The summed E-state index contributed by atoms with van der Waals surface area (Å²) in [5.41, 5.74) is 5.46. The fourth-order valence-electron chi connectivity index (χ4n) is 2.32. The highest BCUT2D eigenvalue weighted by Crippen LogP contribution is 2.28. The van der Waals surface area contributed by atoms with Gasteiger partial charge in [0, 0.05) is 19.8 Å². The predicted molar refractivity (Wildman–Crippen MR) is 73.8 cm³/mol. The molecule has 0 aromatic heterocycles. The third-order valence-electron chi connectivity index (χ3n) is 3.75. The lowest BCUT2D eigenvalue weighted by molar-refractivity contribution is -0.126. The standard InChI is InChI=1S/C13H24N2O2.ClH/c14-13(6-1-2-7-13)12(16)15-8-3-9-17-10-11-4-5-11;/h11H,1-10,14H2,(H,15,16);1H. The molecular formula is C13H25ClN2O2. The monoisotopic (exact) mass is 276 g/mol. The number of hydrogen-bond donors (Lipinski definition) is 2. The van der Waals surface area contributed by atoms with Crippen molar-refractivity contribution < 1.29 is 9.53 Å². The summed E-state index contributed by atoms with van der Waals surface area (Å²) in [6.07, 6.45) is 7.35. The summed E-state index contributed by atoms with van der Waals surface area (Å²) in [5, 5.41) is 2.92. The van der Waals surface area contributed by atoms with Crippen LogP contribution in [0.5, 0.6) is 0 Å². The number of nitrogens with two attached hydrogens (primary N) is 1. The van der Waals surface area contributed by atoms with Gasteiger partial charge in [-0.3, -0.25) is 4.79 Å². The molecule has 0 unspecified atom stereocenters. The van der Waals surface area contributed by atoms with Gasteiger partial charge in [0.05, 0.1) is 5.54 Å². The van der Waals surface area contributed by atoms with Crippen molar-refractivity contribution in [2.24, 2.45) is 11.7 Å². The summed E-state index contributed by atoms with van der Waals surface area (Å²) in [6, 6.07) is 0. The maximum absolute atomic E-state index is 11.8. The minimum Gasteiger partial charge on any atom is -0.381 e. The zero-order valence-corrected chi connectivity index (χ0v) is 11.8. The van der Waals surface area contributed by atoms with Gasteiger partial charge < -0.3 is 15.8 Å². The highest BCUT2D eigenvalue weighted by Gasteiger charge is 2.36. The minimum absolute atomic E-state index is 0. The van der Waals surface area contributed by atoms with Crippen LogP contribution in [0.1, 0.15) is 44.9 Å². The fraction of sp³-hybridized carbons (Fsp3) is 0.923. The molecule has 0 aliphatic heterocycles. The third-order valence-corrected chi connectivity index (χ3v) is 3.75. The van der Waals surface area contributed by atoms with Crippen molar-refractivity contribution in [1.29, 1.82) is 0 Å². The molecule has 5 heteroatoms. The number of rotatable bonds is 7. The van der Waals surface area contributed by atoms with Crippen molar-refractivity contribution >= 4 is 18.3 Å². The van der Waals surface area contributed by atoms with Crippen LogP contribution >= 0.6 is 12.4 Å². The van der Waals surface area contributed by atoms with Crippen LogP contribution in [0, 0.1) is 5.92 Å². The summed E-state index contributed by atoms with van der Waals surface area (Å²) in [5.74, 6) is 0.840. The van der Waals surface area contributed by atoms with Crippen LogP contribution in [0.4, 0.5) is 0 Å². The van der Waals surface area contributed by atoms with E-state index in [1.807, 2.05) is 0 Å². The fourth-order valence-corrected chi connectivity index (χ4v) is 2.32. The first kappa shape index (κ1) is 15.7. The maximum Gasteiger partial charge on any atom is 0.240 e. The zero-order valence-electron chi connectivity index (χ0n) is 11.0. The summed E-state index contributed by atoms with van der Waals surface area (Å²) in [4.78, 5) is 11.8. The Labute approximate surface area is 115 Å². The number of halogens is 1. The molecule has 0 atom stereocenters. The number of ether oxygens (including phenoxy) is 1. The van der Waals surface area contributed by atoms with Gasteiger partial charge in [0.1, 0.15) is 0 Å². The Kier molecular flexibility index (Phi) is 6.39. The van der Waals surface area contributed by atoms with E-state index in [-0.39, 0.29) is 18.3 Å². The van der Waals surface area contributed by atoms with E-state index in [1.165, 1.54) is 12.8 Å². The van der Waals surface area contributed by atoms with Gasteiger partial charge in [-0.05, 0) is 38.0 Å². The summed E-state index contributed by atoms with van der Waals surface area (Å²) in [6.45, 7) is 2.32. The van der Waals surface area contributed by atoms with Crippen molar-refractivity contribution in [1.82, 2.24) is 5.32 Å². The second-order valence-corrected chi connectivity index (χ2v) is 5.49. The quantitative estimate of drug-likeness (QED) is 0.695. The van der Waals surface area contributed by atoms with E-state index in [9.17, 15) is 4.79 Å². The molecular weight excluding hydrogens is 252 g/mol. The van der Waals surface area contributed by atoms with Crippen LogP contribution in [0.2, 0.25) is 0 Å². The lowest BCUT2D eigenvalue weighted by Gasteiger charge is -2.22. The molecule has 0 aromatic carbocycles. The van der Waals surface area contributed by atoms with Crippen molar-refractivity contribution in [3.8, 4) is 0 Å². The van der Waals surface area contributed by atoms with E-state index < -0.39 is 5.54 Å².